The van der Waals surface area contributed by atoms with Crippen molar-refractivity contribution in [3.05, 3.63) is 42.1 Å². The third-order valence-corrected chi connectivity index (χ3v) is 4.59. The van der Waals surface area contributed by atoms with E-state index < -0.39 is 0 Å². The molecule has 4 rings (SSSR count). The Hall–Kier alpha value is -2.70. The molecule has 124 valence electrons. The molecule has 0 radical (unpaired) electrons. The van der Waals surface area contributed by atoms with E-state index in [0.29, 0.717) is 0 Å². The zero-order chi connectivity index (χ0) is 16.5. The van der Waals surface area contributed by atoms with E-state index in [2.05, 4.69) is 32.1 Å². The molecule has 0 atom stereocenters. The predicted octanol–water partition coefficient (Wildman–Crippen LogP) is 2.18. The summed E-state index contributed by atoms with van der Waals surface area (Å²) < 4.78 is 7.79. The van der Waals surface area contributed by atoms with Gasteiger partial charge in [0.25, 0.3) is 0 Å². The van der Waals surface area contributed by atoms with Crippen LogP contribution >= 0.6 is 0 Å². The Kier molecular flexibility index (Phi) is 3.76. The van der Waals surface area contributed by atoms with Crippen LogP contribution in [0.5, 0.6) is 5.75 Å². The van der Waals surface area contributed by atoms with E-state index in [1.165, 1.54) is 5.56 Å². The number of pyridine rings is 1. The van der Waals surface area contributed by atoms with E-state index in [1.807, 2.05) is 19.1 Å². The van der Waals surface area contributed by atoms with Gasteiger partial charge in [0.1, 0.15) is 18.2 Å². The number of hydrogen-bond donors (Lipinski definition) is 0. The van der Waals surface area contributed by atoms with Crippen molar-refractivity contribution in [2.45, 2.75) is 32.8 Å². The molecule has 4 heterocycles. The molecular formula is C17H20N6O. The van der Waals surface area contributed by atoms with Crippen LogP contribution in [-0.4, -0.2) is 44.0 Å². The summed E-state index contributed by atoms with van der Waals surface area (Å²) >= 11 is 0. The van der Waals surface area contributed by atoms with Gasteiger partial charge in [-0.1, -0.05) is 0 Å². The van der Waals surface area contributed by atoms with Crippen LogP contribution in [0.15, 0.2) is 30.9 Å². The summed E-state index contributed by atoms with van der Waals surface area (Å²) in [7, 11) is 0. The SMILES string of the molecule is Cc1nn2cnnc2c(N2CCC(Oc3cccnc3)CC2)c1C. The first-order chi connectivity index (χ1) is 11.7. The van der Waals surface area contributed by atoms with Crippen LogP contribution in [0, 0.1) is 13.8 Å². The minimum absolute atomic E-state index is 0.225. The highest BCUT2D eigenvalue weighted by Crippen LogP contribution is 2.29. The van der Waals surface area contributed by atoms with Gasteiger partial charge >= 0.3 is 0 Å². The molecule has 1 fully saturated rings. The van der Waals surface area contributed by atoms with Crippen molar-refractivity contribution in [1.82, 2.24) is 24.8 Å². The minimum atomic E-state index is 0.225. The molecule has 0 unspecified atom stereocenters. The molecule has 3 aromatic rings. The molecular weight excluding hydrogens is 304 g/mol. The lowest BCUT2D eigenvalue weighted by molar-refractivity contribution is 0.170. The van der Waals surface area contributed by atoms with Crippen molar-refractivity contribution in [1.29, 1.82) is 0 Å². The van der Waals surface area contributed by atoms with Crippen molar-refractivity contribution in [2.24, 2.45) is 0 Å². The second-order valence-corrected chi connectivity index (χ2v) is 6.15. The number of ether oxygens (including phenoxy) is 1. The van der Waals surface area contributed by atoms with Crippen molar-refractivity contribution >= 4 is 11.3 Å². The van der Waals surface area contributed by atoms with Crippen LogP contribution in [0.4, 0.5) is 5.69 Å². The van der Waals surface area contributed by atoms with E-state index in [4.69, 9.17) is 4.74 Å². The standard InChI is InChI=1S/C17H20N6O/c1-12-13(2)21-23-11-19-20-17(23)16(12)22-8-5-14(6-9-22)24-15-4-3-7-18-10-15/h3-4,7,10-11,14H,5-6,8-9H2,1-2H3. The van der Waals surface area contributed by atoms with Crippen molar-refractivity contribution in [2.75, 3.05) is 18.0 Å². The number of fused-ring (bicyclic) bond motifs is 1. The maximum Gasteiger partial charge on any atom is 0.201 e. The zero-order valence-electron chi connectivity index (χ0n) is 13.9. The summed E-state index contributed by atoms with van der Waals surface area (Å²) in [6.45, 7) is 5.98. The Balaban J connectivity index is 1.52. The number of aromatic nitrogens is 5. The molecule has 1 aliphatic heterocycles. The second-order valence-electron chi connectivity index (χ2n) is 6.15. The Morgan fingerprint density at radius 2 is 2.04 bits per heavy atom. The third-order valence-electron chi connectivity index (χ3n) is 4.59. The largest absolute Gasteiger partial charge is 0.489 e. The van der Waals surface area contributed by atoms with Crippen LogP contribution in [0.2, 0.25) is 0 Å². The van der Waals surface area contributed by atoms with Gasteiger partial charge in [0, 0.05) is 32.1 Å². The summed E-state index contributed by atoms with van der Waals surface area (Å²) in [6.07, 6.45) is 7.34. The highest BCUT2D eigenvalue weighted by molar-refractivity contribution is 5.72. The van der Waals surface area contributed by atoms with Gasteiger partial charge < -0.3 is 9.64 Å². The minimum Gasteiger partial charge on any atom is -0.489 e. The highest BCUT2D eigenvalue weighted by Gasteiger charge is 2.25. The molecule has 0 aliphatic carbocycles. The topological polar surface area (TPSA) is 68.4 Å². The van der Waals surface area contributed by atoms with Crippen molar-refractivity contribution < 1.29 is 4.74 Å². The lowest BCUT2D eigenvalue weighted by Crippen LogP contribution is -2.39. The molecule has 0 aromatic carbocycles. The number of hydrogen-bond acceptors (Lipinski definition) is 6. The first-order valence-electron chi connectivity index (χ1n) is 8.21. The van der Waals surface area contributed by atoms with Gasteiger partial charge in [0.05, 0.1) is 17.6 Å². The van der Waals surface area contributed by atoms with Crippen LogP contribution in [-0.2, 0) is 0 Å². The van der Waals surface area contributed by atoms with E-state index >= 15 is 0 Å². The average Bonchev–Trinajstić information content (AvgIpc) is 3.06. The van der Waals surface area contributed by atoms with Gasteiger partial charge in [-0.2, -0.15) is 9.61 Å². The van der Waals surface area contributed by atoms with E-state index in [9.17, 15) is 0 Å². The Bertz CT molecular complexity index is 839. The Morgan fingerprint density at radius 1 is 1.21 bits per heavy atom. The smallest absolute Gasteiger partial charge is 0.201 e. The van der Waals surface area contributed by atoms with Gasteiger partial charge in [-0.05, 0) is 31.5 Å². The Labute approximate surface area is 140 Å². The molecule has 1 saturated heterocycles. The number of piperidine rings is 1. The predicted molar refractivity (Wildman–Crippen MR) is 90.4 cm³/mol. The quantitative estimate of drug-likeness (QED) is 0.735. The average molecular weight is 324 g/mol. The van der Waals surface area contributed by atoms with Crippen LogP contribution < -0.4 is 9.64 Å². The fraction of sp³-hybridized carbons (Fsp3) is 0.412. The molecule has 0 saturated carbocycles. The third kappa shape index (κ3) is 2.66. The van der Waals surface area contributed by atoms with E-state index in [-0.39, 0.29) is 6.10 Å². The molecule has 0 spiro atoms. The van der Waals surface area contributed by atoms with Gasteiger partial charge in [-0.15, -0.1) is 10.2 Å². The maximum atomic E-state index is 6.03. The number of anilines is 1. The van der Waals surface area contributed by atoms with Crippen molar-refractivity contribution in [3.63, 3.8) is 0 Å². The van der Waals surface area contributed by atoms with Gasteiger partial charge in [0.2, 0.25) is 5.65 Å². The van der Waals surface area contributed by atoms with Crippen LogP contribution in [0.25, 0.3) is 5.65 Å². The summed E-state index contributed by atoms with van der Waals surface area (Å²) in [5.74, 6) is 0.840. The molecule has 0 amide bonds. The summed E-state index contributed by atoms with van der Waals surface area (Å²) in [6, 6.07) is 3.85. The normalized spacial score (nSPS) is 15.8. The van der Waals surface area contributed by atoms with Crippen molar-refractivity contribution in [3.8, 4) is 5.75 Å². The van der Waals surface area contributed by atoms with Gasteiger partial charge in [0.15, 0.2) is 0 Å². The van der Waals surface area contributed by atoms with Gasteiger partial charge in [-0.25, -0.2) is 0 Å². The first-order valence-corrected chi connectivity index (χ1v) is 8.21. The molecule has 0 N–H and O–H groups in total. The fourth-order valence-electron chi connectivity index (χ4n) is 3.22. The second kappa shape index (κ2) is 6.07. The molecule has 0 bridgehead atoms. The monoisotopic (exact) mass is 324 g/mol. The van der Waals surface area contributed by atoms with Crippen LogP contribution in [0.1, 0.15) is 24.1 Å². The summed E-state index contributed by atoms with van der Waals surface area (Å²) in [5.41, 5.74) is 4.14. The molecule has 7 nitrogen and oxygen atoms in total. The number of nitrogens with zero attached hydrogens (tertiary/aromatic N) is 6. The maximum absolute atomic E-state index is 6.03. The van der Waals surface area contributed by atoms with E-state index in [1.54, 1.807) is 23.2 Å². The summed E-state index contributed by atoms with van der Waals surface area (Å²) in [4.78, 5) is 6.47. The molecule has 7 heteroatoms. The Morgan fingerprint density at radius 3 is 2.79 bits per heavy atom. The highest BCUT2D eigenvalue weighted by atomic mass is 16.5. The summed E-state index contributed by atoms with van der Waals surface area (Å²) in [5, 5.41) is 12.7. The molecule has 3 aromatic heterocycles. The first kappa shape index (κ1) is 14.9. The fourth-order valence-corrected chi connectivity index (χ4v) is 3.22. The lowest BCUT2D eigenvalue weighted by atomic mass is 10.1. The zero-order valence-corrected chi connectivity index (χ0v) is 13.9. The van der Waals surface area contributed by atoms with E-state index in [0.717, 1.165) is 48.7 Å². The lowest BCUT2D eigenvalue weighted by Gasteiger charge is -2.34. The van der Waals surface area contributed by atoms with Crippen LogP contribution in [0.3, 0.4) is 0 Å². The van der Waals surface area contributed by atoms with Gasteiger partial charge in [-0.3, -0.25) is 4.98 Å². The number of aryl methyl sites for hydroxylation is 1. The molecule has 1 aliphatic rings. The number of rotatable bonds is 3. The molecule has 24 heavy (non-hydrogen) atoms.